The van der Waals surface area contributed by atoms with Crippen LogP contribution in [0.2, 0.25) is 0 Å². The normalized spacial score (nSPS) is 11.4. The molecule has 0 amide bonds. The van der Waals surface area contributed by atoms with Crippen molar-refractivity contribution in [3.63, 3.8) is 0 Å². The van der Waals surface area contributed by atoms with Gasteiger partial charge in [0, 0.05) is 6.54 Å². The van der Waals surface area contributed by atoms with Gasteiger partial charge in [0.2, 0.25) is 10.0 Å². The number of nitrogens with one attached hydrogen (secondary N) is 1. The van der Waals surface area contributed by atoms with Gasteiger partial charge >= 0.3 is 5.97 Å². The lowest BCUT2D eigenvalue weighted by Crippen LogP contribution is -2.27. The summed E-state index contributed by atoms with van der Waals surface area (Å²) < 4.78 is 53.4. The van der Waals surface area contributed by atoms with E-state index in [4.69, 9.17) is 5.11 Å². The fourth-order valence-electron chi connectivity index (χ4n) is 1.95. The lowest BCUT2D eigenvalue weighted by atomic mass is 10.1. The molecule has 8 heteroatoms. The number of sulfonamides is 1. The quantitative estimate of drug-likeness (QED) is 0.844. The zero-order chi connectivity index (χ0) is 17.0. The number of aromatic carboxylic acids is 1. The Bertz CT molecular complexity index is 837. The maximum atomic E-state index is 13.8. The van der Waals surface area contributed by atoms with Crippen LogP contribution < -0.4 is 4.72 Å². The maximum absolute atomic E-state index is 13.8. The number of rotatable bonds is 6. The Morgan fingerprint density at radius 2 is 1.78 bits per heavy atom. The summed E-state index contributed by atoms with van der Waals surface area (Å²) in [5.74, 6) is -2.98. The first-order valence-corrected chi connectivity index (χ1v) is 8.05. The molecular weight excluding hydrogens is 328 g/mol. The van der Waals surface area contributed by atoms with E-state index in [1.807, 2.05) is 0 Å². The summed E-state index contributed by atoms with van der Waals surface area (Å²) in [5.41, 5.74) is -0.0234. The third-order valence-corrected chi connectivity index (χ3v) is 4.61. The third-order valence-electron chi connectivity index (χ3n) is 3.11. The smallest absolute Gasteiger partial charge is 0.335 e. The number of carboxylic acid groups (broad SMARTS) is 1. The molecule has 2 N–H and O–H groups in total. The van der Waals surface area contributed by atoms with E-state index in [0.717, 1.165) is 12.1 Å². The summed E-state index contributed by atoms with van der Waals surface area (Å²) in [7, 11) is -4.16. The Hall–Kier alpha value is -2.32. The molecule has 0 saturated carbocycles. The van der Waals surface area contributed by atoms with Crippen molar-refractivity contribution in [3.05, 3.63) is 65.2 Å². The molecule has 0 aromatic heterocycles. The van der Waals surface area contributed by atoms with Gasteiger partial charge in [0.1, 0.15) is 16.5 Å². The monoisotopic (exact) mass is 341 g/mol. The van der Waals surface area contributed by atoms with Crippen LogP contribution in [-0.2, 0) is 16.4 Å². The van der Waals surface area contributed by atoms with Crippen LogP contribution in [-0.4, -0.2) is 26.0 Å². The average Bonchev–Trinajstić information content (AvgIpc) is 2.48. The van der Waals surface area contributed by atoms with Crippen LogP contribution in [0.25, 0.3) is 0 Å². The van der Waals surface area contributed by atoms with Gasteiger partial charge in [-0.3, -0.25) is 0 Å². The molecule has 0 aliphatic carbocycles. The number of carbonyl (C=O) groups is 1. The van der Waals surface area contributed by atoms with Crippen molar-refractivity contribution >= 4 is 16.0 Å². The van der Waals surface area contributed by atoms with Crippen molar-refractivity contribution in [2.24, 2.45) is 0 Å². The van der Waals surface area contributed by atoms with E-state index in [-0.39, 0.29) is 18.5 Å². The van der Waals surface area contributed by atoms with Crippen molar-refractivity contribution in [1.29, 1.82) is 0 Å². The number of hydrogen-bond acceptors (Lipinski definition) is 3. The number of halogens is 2. The van der Waals surface area contributed by atoms with E-state index in [0.29, 0.717) is 11.6 Å². The summed E-state index contributed by atoms with van der Waals surface area (Å²) in [5, 5.41) is 8.73. The molecule has 0 aliphatic heterocycles. The van der Waals surface area contributed by atoms with Crippen LogP contribution in [0.15, 0.2) is 47.4 Å². The van der Waals surface area contributed by atoms with E-state index in [9.17, 15) is 22.0 Å². The van der Waals surface area contributed by atoms with Crippen LogP contribution in [0, 0.1) is 11.6 Å². The highest BCUT2D eigenvalue weighted by Gasteiger charge is 2.20. The molecule has 0 aliphatic rings. The molecule has 122 valence electrons. The average molecular weight is 341 g/mol. The number of carboxylic acids is 1. The Morgan fingerprint density at radius 1 is 1.09 bits per heavy atom. The Labute approximate surface area is 131 Å². The fraction of sp³-hybridized carbons (Fsp3) is 0.133. The molecule has 2 aromatic carbocycles. The highest BCUT2D eigenvalue weighted by atomic mass is 32.2. The van der Waals surface area contributed by atoms with Gasteiger partial charge in [-0.1, -0.05) is 18.2 Å². The number of hydrogen-bond donors (Lipinski definition) is 2. The molecule has 2 rings (SSSR count). The van der Waals surface area contributed by atoms with E-state index < -0.39 is 32.5 Å². The van der Waals surface area contributed by atoms with Gasteiger partial charge in [0.15, 0.2) is 0 Å². The van der Waals surface area contributed by atoms with Crippen molar-refractivity contribution in [2.75, 3.05) is 6.54 Å². The Morgan fingerprint density at radius 3 is 2.39 bits per heavy atom. The topological polar surface area (TPSA) is 83.5 Å². The largest absolute Gasteiger partial charge is 0.478 e. The summed E-state index contributed by atoms with van der Waals surface area (Å²) in [4.78, 5) is 10.1. The number of benzene rings is 2. The van der Waals surface area contributed by atoms with Crippen LogP contribution in [0.4, 0.5) is 8.78 Å². The van der Waals surface area contributed by atoms with Gasteiger partial charge in [0.25, 0.3) is 0 Å². The zero-order valence-electron chi connectivity index (χ0n) is 11.8. The lowest BCUT2D eigenvalue weighted by molar-refractivity contribution is 0.0696. The molecule has 2 aromatic rings. The van der Waals surface area contributed by atoms with Crippen molar-refractivity contribution in [3.8, 4) is 0 Å². The van der Waals surface area contributed by atoms with E-state index >= 15 is 0 Å². The molecule has 0 heterocycles. The van der Waals surface area contributed by atoms with Crippen LogP contribution in [0.1, 0.15) is 15.9 Å². The predicted octanol–water partition coefficient (Wildman–Crippen LogP) is 2.18. The first-order chi connectivity index (χ1) is 10.8. The molecule has 0 saturated heterocycles. The van der Waals surface area contributed by atoms with Crippen LogP contribution in [0.5, 0.6) is 0 Å². The molecule has 5 nitrogen and oxygen atoms in total. The van der Waals surface area contributed by atoms with E-state index in [2.05, 4.69) is 4.72 Å². The second-order valence-corrected chi connectivity index (χ2v) is 6.42. The summed E-state index contributed by atoms with van der Waals surface area (Å²) in [6.45, 7) is -0.122. The van der Waals surface area contributed by atoms with Gasteiger partial charge in [-0.05, 0) is 36.2 Å². The first-order valence-electron chi connectivity index (χ1n) is 6.57. The minimum Gasteiger partial charge on any atom is -0.478 e. The van der Waals surface area contributed by atoms with E-state index in [1.54, 1.807) is 6.07 Å². The van der Waals surface area contributed by atoms with E-state index in [1.165, 1.54) is 18.2 Å². The minimum atomic E-state index is -4.16. The van der Waals surface area contributed by atoms with Crippen LogP contribution in [0.3, 0.4) is 0 Å². The second kappa shape index (κ2) is 6.84. The van der Waals surface area contributed by atoms with Gasteiger partial charge in [-0.2, -0.15) is 0 Å². The third kappa shape index (κ3) is 4.11. The lowest BCUT2D eigenvalue weighted by Gasteiger charge is -2.08. The molecule has 0 bridgehead atoms. The first kappa shape index (κ1) is 17.0. The Balaban J connectivity index is 2.10. The predicted molar refractivity (Wildman–Crippen MR) is 78.7 cm³/mol. The second-order valence-electron chi connectivity index (χ2n) is 4.69. The molecule has 0 atom stereocenters. The highest BCUT2D eigenvalue weighted by molar-refractivity contribution is 7.89. The molecule has 0 radical (unpaired) electrons. The minimum absolute atomic E-state index is 0.0979. The van der Waals surface area contributed by atoms with Gasteiger partial charge in [-0.15, -0.1) is 0 Å². The highest BCUT2D eigenvalue weighted by Crippen LogP contribution is 2.16. The van der Waals surface area contributed by atoms with Crippen molar-refractivity contribution in [2.45, 2.75) is 11.3 Å². The maximum Gasteiger partial charge on any atom is 0.335 e. The van der Waals surface area contributed by atoms with Crippen molar-refractivity contribution in [1.82, 2.24) is 4.72 Å². The molecule has 0 fully saturated rings. The SMILES string of the molecule is O=C(O)c1ccc(S(=O)(=O)NCCc2ccccc2F)c(F)c1. The summed E-state index contributed by atoms with van der Waals surface area (Å²) >= 11 is 0. The molecular formula is C15H13F2NO4S. The van der Waals surface area contributed by atoms with Gasteiger partial charge in [-0.25, -0.2) is 26.7 Å². The molecule has 0 unspecified atom stereocenters. The van der Waals surface area contributed by atoms with Crippen molar-refractivity contribution < 1.29 is 27.1 Å². The standard InChI is InChI=1S/C15H13F2NO4S/c16-12-4-2-1-3-10(12)7-8-18-23(21,22)14-6-5-11(15(19)20)9-13(14)17/h1-6,9,18H,7-8H2,(H,19,20). The van der Waals surface area contributed by atoms with Gasteiger partial charge in [0.05, 0.1) is 5.56 Å². The summed E-state index contributed by atoms with van der Waals surface area (Å²) in [6.07, 6.45) is 0.0979. The Kier molecular flexibility index (Phi) is 5.07. The summed E-state index contributed by atoms with van der Waals surface area (Å²) in [6, 6.07) is 8.43. The zero-order valence-corrected chi connectivity index (χ0v) is 12.6. The van der Waals surface area contributed by atoms with Crippen LogP contribution >= 0.6 is 0 Å². The molecule has 23 heavy (non-hydrogen) atoms. The molecule has 0 spiro atoms. The van der Waals surface area contributed by atoms with Gasteiger partial charge < -0.3 is 5.11 Å². The fourth-order valence-corrected chi connectivity index (χ4v) is 3.04.